The SMILES string of the molecule is CCCN(C(=O)c1ccnn1C)C1CCS(=O)(=O)C1. The van der Waals surface area contributed by atoms with E-state index in [2.05, 4.69) is 5.10 Å². The van der Waals surface area contributed by atoms with Crippen LogP contribution in [0.25, 0.3) is 0 Å². The second kappa shape index (κ2) is 5.32. The van der Waals surface area contributed by atoms with Crippen molar-refractivity contribution in [3.63, 3.8) is 0 Å². The molecule has 2 rings (SSSR count). The molecule has 1 atom stereocenters. The van der Waals surface area contributed by atoms with Crippen molar-refractivity contribution in [3.05, 3.63) is 18.0 Å². The van der Waals surface area contributed by atoms with E-state index in [1.54, 1.807) is 24.2 Å². The fourth-order valence-corrected chi connectivity index (χ4v) is 4.17. The Morgan fingerprint density at radius 3 is 2.79 bits per heavy atom. The maximum atomic E-state index is 12.5. The minimum Gasteiger partial charge on any atom is -0.333 e. The van der Waals surface area contributed by atoms with Crippen molar-refractivity contribution in [3.8, 4) is 0 Å². The standard InChI is InChI=1S/C12H19N3O3S/c1-3-7-15(10-5-8-19(17,18)9-10)12(16)11-4-6-13-14(11)2/h4,6,10H,3,5,7-9H2,1-2H3. The van der Waals surface area contributed by atoms with E-state index < -0.39 is 9.84 Å². The van der Waals surface area contributed by atoms with Gasteiger partial charge in [0, 0.05) is 25.8 Å². The number of rotatable bonds is 4. The molecule has 0 N–H and O–H groups in total. The Balaban J connectivity index is 2.21. The summed E-state index contributed by atoms with van der Waals surface area (Å²) in [6, 6.07) is 1.46. The fraction of sp³-hybridized carbons (Fsp3) is 0.667. The van der Waals surface area contributed by atoms with Gasteiger partial charge in [-0.25, -0.2) is 8.42 Å². The first-order valence-electron chi connectivity index (χ1n) is 6.44. The summed E-state index contributed by atoms with van der Waals surface area (Å²) in [5, 5.41) is 3.99. The van der Waals surface area contributed by atoms with E-state index >= 15 is 0 Å². The Morgan fingerprint density at radius 1 is 1.58 bits per heavy atom. The monoisotopic (exact) mass is 285 g/mol. The largest absolute Gasteiger partial charge is 0.333 e. The second-order valence-electron chi connectivity index (χ2n) is 4.90. The van der Waals surface area contributed by atoms with E-state index in [1.807, 2.05) is 6.92 Å². The molecule has 0 bridgehead atoms. The molecule has 2 heterocycles. The summed E-state index contributed by atoms with van der Waals surface area (Å²) in [6.45, 7) is 2.55. The third-order valence-corrected chi connectivity index (χ3v) is 5.16. The number of hydrogen-bond donors (Lipinski definition) is 0. The van der Waals surface area contributed by atoms with E-state index in [0.717, 1.165) is 6.42 Å². The van der Waals surface area contributed by atoms with Crippen LogP contribution in [-0.4, -0.2) is 53.1 Å². The average molecular weight is 285 g/mol. The molecule has 1 aromatic heterocycles. The summed E-state index contributed by atoms with van der Waals surface area (Å²) >= 11 is 0. The number of hydrogen-bond acceptors (Lipinski definition) is 4. The molecule has 1 aliphatic rings. The molecule has 0 saturated carbocycles. The van der Waals surface area contributed by atoms with Crippen LogP contribution in [0.4, 0.5) is 0 Å². The Bertz CT molecular complexity index is 565. The van der Waals surface area contributed by atoms with Gasteiger partial charge in [-0.2, -0.15) is 5.10 Å². The molecule has 1 amide bonds. The average Bonchev–Trinajstić information content (AvgIpc) is 2.91. The van der Waals surface area contributed by atoms with Crippen molar-refractivity contribution in [2.75, 3.05) is 18.1 Å². The topological polar surface area (TPSA) is 72.3 Å². The van der Waals surface area contributed by atoms with Crippen molar-refractivity contribution in [2.24, 2.45) is 7.05 Å². The molecule has 0 aliphatic carbocycles. The molecular formula is C12H19N3O3S. The van der Waals surface area contributed by atoms with Crippen LogP contribution in [-0.2, 0) is 16.9 Å². The van der Waals surface area contributed by atoms with Crippen LogP contribution in [0.5, 0.6) is 0 Å². The van der Waals surface area contributed by atoms with Crippen molar-refractivity contribution < 1.29 is 13.2 Å². The third-order valence-electron chi connectivity index (χ3n) is 3.41. The molecule has 1 aromatic rings. The predicted octanol–water partition coefficient (Wildman–Crippen LogP) is 0.459. The number of amides is 1. The number of aromatic nitrogens is 2. The predicted molar refractivity (Wildman–Crippen MR) is 71.6 cm³/mol. The van der Waals surface area contributed by atoms with Gasteiger partial charge in [0.15, 0.2) is 9.84 Å². The molecule has 7 heteroatoms. The number of carbonyl (C=O) groups excluding carboxylic acids is 1. The van der Waals surface area contributed by atoms with Gasteiger partial charge in [-0.05, 0) is 18.9 Å². The number of aryl methyl sites for hydroxylation is 1. The lowest BCUT2D eigenvalue weighted by molar-refractivity contribution is 0.0685. The minimum atomic E-state index is -2.99. The van der Waals surface area contributed by atoms with Crippen LogP contribution in [0.3, 0.4) is 0 Å². The molecule has 0 radical (unpaired) electrons. The van der Waals surface area contributed by atoms with Gasteiger partial charge in [0.25, 0.3) is 5.91 Å². The van der Waals surface area contributed by atoms with Gasteiger partial charge in [-0.1, -0.05) is 6.92 Å². The quantitative estimate of drug-likeness (QED) is 0.805. The lowest BCUT2D eigenvalue weighted by Crippen LogP contribution is -2.42. The highest BCUT2D eigenvalue weighted by atomic mass is 32.2. The fourth-order valence-electron chi connectivity index (χ4n) is 2.44. The zero-order valence-electron chi connectivity index (χ0n) is 11.2. The van der Waals surface area contributed by atoms with Gasteiger partial charge in [-0.3, -0.25) is 9.48 Å². The first-order chi connectivity index (χ1) is 8.94. The van der Waals surface area contributed by atoms with E-state index in [0.29, 0.717) is 18.7 Å². The van der Waals surface area contributed by atoms with Gasteiger partial charge in [0.05, 0.1) is 11.5 Å². The van der Waals surface area contributed by atoms with E-state index in [4.69, 9.17) is 0 Å². The normalized spacial score (nSPS) is 21.5. The van der Waals surface area contributed by atoms with E-state index in [9.17, 15) is 13.2 Å². The summed E-state index contributed by atoms with van der Waals surface area (Å²) in [6.07, 6.45) is 2.91. The molecular weight excluding hydrogens is 266 g/mol. The molecule has 1 fully saturated rings. The van der Waals surface area contributed by atoms with Crippen LogP contribution >= 0.6 is 0 Å². The van der Waals surface area contributed by atoms with Gasteiger partial charge in [0.1, 0.15) is 5.69 Å². The molecule has 1 aliphatic heterocycles. The summed E-state index contributed by atoms with van der Waals surface area (Å²) in [4.78, 5) is 14.2. The highest BCUT2D eigenvalue weighted by Crippen LogP contribution is 2.20. The van der Waals surface area contributed by atoms with Crippen molar-refractivity contribution in [2.45, 2.75) is 25.8 Å². The lowest BCUT2D eigenvalue weighted by atomic mass is 10.2. The van der Waals surface area contributed by atoms with Crippen molar-refractivity contribution >= 4 is 15.7 Å². The van der Waals surface area contributed by atoms with Crippen LogP contribution in [0, 0.1) is 0 Å². The van der Waals surface area contributed by atoms with Crippen molar-refractivity contribution in [1.29, 1.82) is 0 Å². The number of carbonyl (C=O) groups is 1. The number of sulfone groups is 1. The highest BCUT2D eigenvalue weighted by Gasteiger charge is 2.35. The molecule has 0 spiro atoms. The van der Waals surface area contributed by atoms with Gasteiger partial charge < -0.3 is 4.90 Å². The highest BCUT2D eigenvalue weighted by molar-refractivity contribution is 7.91. The summed E-state index contributed by atoms with van der Waals surface area (Å²) in [5.41, 5.74) is 0.498. The molecule has 6 nitrogen and oxygen atoms in total. The maximum absolute atomic E-state index is 12.5. The Kier molecular flexibility index (Phi) is 3.93. The summed E-state index contributed by atoms with van der Waals surface area (Å²) in [7, 11) is -1.28. The van der Waals surface area contributed by atoms with E-state index in [1.165, 1.54) is 4.68 Å². The Labute approximate surface area is 113 Å². The lowest BCUT2D eigenvalue weighted by Gasteiger charge is -2.27. The number of nitrogens with zero attached hydrogens (tertiary/aromatic N) is 3. The van der Waals surface area contributed by atoms with Crippen molar-refractivity contribution in [1.82, 2.24) is 14.7 Å². The summed E-state index contributed by atoms with van der Waals surface area (Å²) < 4.78 is 24.7. The first kappa shape index (κ1) is 14.0. The van der Waals surface area contributed by atoms with Crippen LogP contribution in [0.1, 0.15) is 30.3 Å². The zero-order chi connectivity index (χ0) is 14.0. The van der Waals surface area contributed by atoms with E-state index in [-0.39, 0.29) is 23.5 Å². The zero-order valence-corrected chi connectivity index (χ0v) is 12.1. The van der Waals surface area contributed by atoms with Crippen LogP contribution < -0.4 is 0 Å². The third kappa shape index (κ3) is 2.97. The Hall–Kier alpha value is -1.37. The van der Waals surface area contributed by atoms with Gasteiger partial charge in [0.2, 0.25) is 0 Å². The van der Waals surface area contributed by atoms with Crippen LogP contribution in [0.15, 0.2) is 12.3 Å². The Morgan fingerprint density at radius 2 is 2.32 bits per heavy atom. The molecule has 1 saturated heterocycles. The smallest absolute Gasteiger partial charge is 0.272 e. The minimum absolute atomic E-state index is 0.0800. The molecule has 0 aromatic carbocycles. The molecule has 19 heavy (non-hydrogen) atoms. The molecule has 106 valence electrons. The molecule has 1 unspecified atom stereocenters. The van der Waals surface area contributed by atoms with Gasteiger partial charge in [-0.15, -0.1) is 0 Å². The van der Waals surface area contributed by atoms with Gasteiger partial charge >= 0.3 is 0 Å². The second-order valence-corrected chi connectivity index (χ2v) is 7.12. The first-order valence-corrected chi connectivity index (χ1v) is 8.26. The summed E-state index contributed by atoms with van der Waals surface area (Å²) in [5.74, 6) is 0.122. The maximum Gasteiger partial charge on any atom is 0.272 e. The van der Waals surface area contributed by atoms with Crippen LogP contribution in [0.2, 0.25) is 0 Å².